The van der Waals surface area contributed by atoms with Crippen LogP contribution in [0, 0.1) is 81.5 Å². The van der Waals surface area contributed by atoms with Crippen LogP contribution in [0.4, 0.5) is 34.1 Å². The molecule has 212 valence electrons. The first kappa shape index (κ1) is 29.2. The van der Waals surface area contributed by atoms with Gasteiger partial charge in [-0.05, 0) is 43.5 Å². The standard InChI is InChI=1S/C21H14N6O14/c1-9-4-18(40-20-14(24(32)33)5-12(22(28)29)6-15(20)25(34)35)10(2)11(3)19(9)41-21-16(26(36)37)7-13(23(30)31)8-17(21)27(38)39/h4-8H,1-3H3. The Labute approximate surface area is 225 Å². The molecule has 3 aromatic carbocycles. The van der Waals surface area contributed by atoms with Crippen LogP contribution in [0.25, 0.3) is 0 Å². The Hall–Kier alpha value is -6.34. The maximum Gasteiger partial charge on any atom is 0.325 e. The quantitative estimate of drug-likeness (QED) is 0.209. The van der Waals surface area contributed by atoms with Crippen molar-refractivity contribution in [1.82, 2.24) is 0 Å². The summed E-state index contributed by atoms with van der Waals surface area (Å²) in [4.78, 5) is 62.0. The molecule has 0 N–H and O–H groups in total. The van der Waals surface area contributed by atoms with Crippen LogP contribution in [0.5, 0.6) is 23.0 Å². The van der Waals surface area contributed by atoms with E-state index in [0.29, 0.717) is 24.3 Å². The molecule has 0 atom stereocenters. The van der Waals surface area contributed by atoms with Crippen molar-refractivity contribution in [2.75, 3.05) is 0 Å². The molecule has 20 nitrogen and oxygen atoms in total. The zero-order chi connectivity index (χ0) is 30.9. The van der Waals surface area contributed by atoms with E-state index in [2.05, 4.69) is 0 Å². The van der Waals surface area contributed by atoms with E-state index in [1.54, 1.807) is 0 Å². The number of nitrogens with zero attached hydrogens (tertiary/aromatic N) is 6. The first-order valence-corrected chi connectivity index (χ1v) is 10.7. The van der Waals surface area contributed by atoms with Crippen LogP contribution >= 0.6 is 0 Å². The zero-order valence-electron chi connectivity index (χ0n) is 20.8. The van der Waals surface area contributed by atoms with E-state index in [9.17, 15) is 60.7 Å². The molecule has 0 fully saturated rings. The third-order valence-corrected chi connectivity index (χ3v) is 5.67. The number of benzene rings is 3. The Morgan fingerprint density at radius 3 is 1.12 bits per heavy atom. The molecule has 0 spiro atoms. The van der Waals surface area contributed by atoms with Gasteiger partial charge in [0.25, 0.3) is 22.9 Å². The highest BCUT2D eigenvalue weighted by Crippen LogP contribution is 2.48. The molecule has 0 amide bonds. The number of nitro groups is 6. The van der Waals surface area contributed by atoms with E-state index < -0.39 is 75.2 Å². The minimum atomic E-state index is -1.12. The van der Waals surface area contributed by atoms with Crippen molar-refractivity contribution in [2.24, 2.45) is 0 Å². The van der Waals surface area contributed by atoms with Gasteiger partial charge in [-0.2, -0.15) is 0 Å². The monoisotopic (exact) mass is 574 g/mol. The summed E-state index contributed by atoms with van der Waals surface area (Å²) in [6.07, 6.45) is 0. The number of ether oxygens (including phenoxy) is 2. The van der Waals surface area contributed by atoms with Crippen LogP contribution in [0.1, 0.15) is 16.7 Å². The van der Waals surface area contributed by atoms with E-state index in [0.717, 1.165) is 6.07 Å². The average molecular weight is 574 g/mol. The molecule has 0 aromatic heterocycles. The fraction of sp³-hybridized carbons (Fsp3) is 0.143. The normalized spacial score (nSPS) is 10.5. The summed E-state index contributed by atoms with van der Waals surface area (Å²) in [6, 6.07) is 3.05. The van der Waals surface area contributed by atoms with Crippen LogP contribution < -0.4 is 9.47 Å². The fourth-order valence-electron chi connectivity index (χ4n) is 3.63. The predicted molar refractivity (Wildman–Crippen MR) is 134 cm³/mol. The molecule has 3 rings (SSSR count). The molecule has 0 saturated heterocycles. The lowest BCUT2D eigenvalue weighted by Crippen LogP contribution is -2.04. The number of nitro benzene ring substituents is 6. The van der Waals surface area contributed by atoms with Crippen LogP contribution in [0.3, 0.4) is 0 Å². The summed E-state index contributed by atoms with van der Waals surface area (Å²) in [6.45, 7) is 4.07. The van der Waals surface area contributed by atoms with Gasteiger partial charge in [-0.1, -0.05) is 0 Å². The Kier molecular flexibility index (Phi) is 7.70. The second-order valence-corrected chi connectivity index (χ2v) is 8.14. The van der Waals surface area contributed by atoms with Gasteiger partial charge in [0, 0.05) is 0 Å². The fourth-order valence-corrected chi connectivity index (χ4v) is 3.63. The van der Waals surface area contributed by atoms with Crippen molar-refractivity contribution in [1.29, 1.82) is 0 Å². The molecule has 0 heterocycles. The number of rotatable bonds is 10. The average Bonchev–Trinajstić information content (AvgIpc) is 2.88. The van der Waals surface area contributed by atoms with Crippen LogP contribution in [-0.4, -0.2) is 29.5 Å². The van der Waals surface area contributed by atoms with Crippen LogP contribution in [-0.2, 0) is 0 Å². The van der Waals surface area contributed by atoms with Gasteiger partial charge in [-0.15, -0.1) is 0 Å². The van der Waals surface area contributed by atoms with Crippen LogP contribution in [0.15, 0.2) is 30.3 Å². The van der Waals surface area contributed by atoms with Crippen LogP contribution in [0.2, 0.25) is 0 Å². The zero-order valence-corrected chi connectivity index (χ0v) is 20.8. The molecule has 0 unspecified atom stereocenters. The Morgan fingerprint density at radius 1 is 0.463 bits per heavy atom. The van der Waals surface area contributed by atoms with Gasteiger partial charge in [0.1, 0.15) is 11.5 Å². The summed E-state index contributed by atoms with van der Waals surface area (Å²) < 4.78 is 11.1. The highest BCUT2D eigenvalue weighted by molar-refractivity contribution is 5.69. The summed E-state index contributed by atoms with van der Waals surface area (Å²) in [5.41, 5.74) is -5.94. The topological polar surface area (TPSA) is 277 Å². The van der Waals surface area contributed by atoms with E-state index in [1.807, 2.05) is 0 Å². The van der Waals surface area contributed by atoms with E-state index >= 15 is 0 Å². The SMILES string of the molecule is Cc1cc(Oc2c([N+](=O)[O-])cc([N+](=O)[O-])cc2[N+](=O)[O-])c(C)c(C)c1Oc1c([N+](=O)[O-])cc([N+](=O)[O-])cc1[N+](=O)[O-]. The molecule has 0 saturated carbocycles. The first-order valence-electron chi connectivity index (χ1n) is 10.7. The highest BCUT2D eigenvalue weighted by atomic mass is 16.7. The lowest BCUT2D eigenvalue weighted by Gasteiger charge is -2.17. The highest BCUT2D eigenvalue weighted by Gasteiger charge is 2.35. The van der Waals surface area contributed by atoms with Crippen molar-refractivity contribution < 1.29 is 39.0 Å². The second-order valence-electron chi connectivity index (χ2n) is 8.14. The van der Waals surface area contributed by atoms with Crippen molar-refractivity contribution in [3.63, 3.8) is 0 Å². The third-order valence-electron chi connectivity index (χ3n) is 5.67. The minimum absolute atomic E-state index is 0.0669. The van der Waals surface area contributed by atoms with E-state index in [4.69, 9.17) is 9.47 Å². The Morgan fingerprint density at radius 2 is 0.805 bits per heavy atom. The van der Waals surface area contributed by atoms with Crippen molar-refractivity contribution in [3.05, 3.63) is 108 Å². The molecule has 0 aliphatic rings. The number of aryl methyl sites for hydroxylation is 1. The van der Waals surface area contributed by atoms with Gasteiger partial charge < -0.3 is 9.47 Å². The maximum atomic E-state index is 11.6. The summed E-state index contributed by atoms with van der Waals surface area (Å²) in [5, 5.41) is 68.6. The van der Waals surface area contributed by atoms with Crippen molar-refractivity contribution in [2.45, 2.75) is 20.8 Å². The van der Waals surface area contributed by atoms with E-state index in [1.165, 1.54) is 20.8 Å². The smallest absolute Gasteiger partial charge is 0.325 e. The lowest BCUT2D eigenvalue weighted by atomic mass is 10.0. The Balaban J connectivity index is 2.21. The lowest BCUT2D eigenvalue weighted by molar-refractivity contribution is -0.404. The van der Waals surface area contributed by atoms with Gasteiger partial charge >= 0.3 is 22.7 Å². The van der Waals surface area contributed by atoms with Gasteiger partial charge in [-0.25, -0.2) is 0 Å². The summed E-state index contributed by atoms with van der Waals surface area (Å²) in [5.74, 6) is -2.27. The Bertz CT molecular complexity index is 1630. The minimum Gasteiger partial charge on any atom is -0.444 e. The molecular weight excluding hydrogens is 560 g/mol. The molecule has 41 heavy (non-hydrogen) atoms. The molecule has 0 bridgehead atoms. The summed E-state index contributed by atoms with van der Waals surface area (Å²) >= 11 is 0. The largest absolute Gasteiger partial charge is 0.444 e. The van der Waals surface area contributed by atoms with Crippen molar-refractivity contribution in [3.8, 4) is 23.0 Å². The van der Waals surface area contributed by atoms with Gasteiger partial charge in [-0.3, -0.25) is 60.7 Å². The molecule has 0 aliphatic heterocycles. The third kappa shape index (κ3) is 5.59. The van der Waals surface area contributed by atoms with Crippen molar-refractivity contribution >= 4 is 34.1 Å². The molecule has 3 aromatic rings. The number of non-ortho nitro benzene ring substituents is 2. The van der Waals surface area contributed by atoms with E-state index in [-0.39, 0.29) is 28.2 Å². The summed E-state index contributed by atoms with van der Waals surface area (Å²) in [7, 11) is 0. The van der Waals surface area contributed by atoms with Gasteiger partial charge in [0.15, 0.2) is 0 Å². The predicted octanol–water partition coefficient (Wildman–Crippen LogP) is 5.65. The second kappa shape index (κ2) is 10.8. The molecule has 0 aliphatic carbocycles. The molecular formula is C21H14N6O14. The number of hydrogen-bond acceptors (Lipinski definition) is 14. The molecule has 20 heteroatoms. The first-order chi connectivity index (χ1) is 19.0. The number of hydrogen-bond donors (Lipinski definition) is 0. The molecule has 0 radical (unpaired) electrons. The van der Waals surface area contributed by atoms with Gasteiger partial charge in [0.05, 0.1) is 53.8 Å². The van der Waals surface area contributed by atoms with Gasteiger partial charge in [0.2, 0.25) is 0 Å². The maximum absolute atomic E-state index is 11.6.